The van der Waals surface area contributed by atoms with Crippen molar-refractivity contribution in [2.24, 2.45) is 0 Å². The molecule has 0 spiro atoms. The van der Waals surface area contributed by atoms with E-state index in [4.69, 9.17) is 4.98 Å². The third-order valence-corrected chi connectivity index (χ3v) is 5.67. The summed E-state index contributed by atoms with van der Waals surface area (Å²) in [5.41, 5.74) is 4.30. The third kappa shape index (κ3) is 4.51. The van der Waals surface area contributed by atoms with Crippen LogP contribution in [0.3, 0.4) is 0 Å². The molecule has 0 radical (unpaired) electrons. The highest BCUT2D eigenvalue weighted by molar-refractivity contribution is 5.95. The largest absolute Gasteiger partial charge is 0.338 e. The van der Waals surface area contributed by atoms with E-state index in [2.05, 4.69) is 27.5 Å². The number of hydrogen-bond donors (Lipinski definition) is 2. The summed E-state index contributed by atoms with van der Waals surface area (Å²) in [5.74, 6) is 0.274. The Kier molecular flexibility index (Phi) is 5.66. The number of carbonyl (C=O) groups excluding carboxylic acids is 1. The molecule has 3 heterocycles. The zero-order valence-electron chi connectivity index (χ0n) is 18.1. The van der Waals surface area contributed by atoms with Crippen LogP contribution < -0.4 is 10.6 Å². The average molecular weight is 442 g/mol. The fourth-order valence-electron chi connectivity index (χ4n) is 3.95. The molecule has 1 amide bonds. The molecular weight excluding hydrogens is 419 g/mol. The van der Waals surface area contributed by atoms with Gasteiger partial charge in [0.15, 0.2) is 5.82 Å². The molecule has 2 aromatic carbocycles. The molecule has 0 aliphatic carbocycles. The molecule has 2 N–H and O–H groups in total. The Labute approximate surface area is 190 Å². The summed E-state index contributed by atoms with van der Waals surface area (Å²) in [6, 6.07) is 17.6. The van der Waals surface area contributed by atoms with Gasteiger partial charge >= 0.3 is 0 Å². The predicted octanol–water partition coefficient (Wildman–Crippen LogP) is 4.01. The average Bonchev–Trinajstić information content (AvgIpc) is 2.85. The Morgan fingerprint density at radius 2 is 1.85 bits per heavy atom. The van der Waals surface area contributed by atoms with E-state index in [1.54, 1.807) is 12.1 Å². The fourth-order valence-corrected chi connectivity index (χ4v) is 3.95. The summed E-state index contributed by atoms with van der Waals surface area (Å²) in [5, 5.41) is 6.53. The maximum atomic E-state index is 13.2. The van der Waals surface area contributed by atoms with Crippen LogP contribution in [0.2, 0.25) is 0 Å². The lowest BCUT2D eigenvalue weighted by Gasteiger charge is -2.32. The molecule has 5 rings (SSSR count). The lowest BCUT2D eigenvalue weighted by Crippen LogP contribution is -2.51. The van der Waals surface area contributed by atoms with Crippen LogP contribution in [0.4, 0.5) is 15.9 Å². The van der Waals surface area contributed by atoms with E-state index < -0.39 is 0 Å². The van der Waals surface area contributed by atoms with Crippen LogP contribution in [0.15, 0.2) is 67.0 Å². The summed E-state index contributed by atoms with van der Waals surface area (Å²) in [4.78, 5) is 28.1. The van der Waals surface area contributed by atoms with Crippen LogP contribution in [0, 0.1) is 5.82 Å². The zero-order valence-corrected chi connectivity index (χ0v) is 18.1. The van der Waals surface area contributed by atoms with Gasteiger partial charge in [-0.3, -0.25) is 4.79 Å². The van der Waals surface area contributed by atoms with Gasteiger partial charge in [-0.15, -0.1) is 0 Å². The van der Waals surface area contributed by atoms with Gasteiger partial charge in [0, 0.05) is 42.5 Å². The molecule has 0 saturated carbocycles. The van der Waals surface area contributed by atoms with Crippen molar-refractivity contribution in [3.8, 4) is 11.3 Å². The second-order valence-electron chi connectivity index (χ2n) is 8.10. The molecule has 0 bridgehead atoms. The summed E-state index contributed by atoms with van der Waals surface area (Å²) in [7, 11) is 0. The molecule has 7 nitrogen and oxygen atoms in total. The molecule has 4 aromatic rings. The van der Waals surface area contributed by atoms with Crippen molar-refractivity contribution in [2.75, 3.05) is 25.0 Å². The Morgan fingerprint density at radius 3 is 2.61 bits per heavy atom. The zero-order chi connectivity index (χ0) is 22.8. The number of amides is 1. The molecule has 166 valence electrons. The first-order chi connectivity index (χ1) is 16.1. The minimum Gasteiger partial charge on any atom is -0.338 e. The van der Waals surface area contributed by atoms with Crippen molar-refractivity contribution in [1.29, 1.82) is 0 Å². The van der Waals surface area contributed by atoms with Crippen molar-refractivity contribution in [1.82, 2.24) is 25.2 Å². The van der Waals surface area contributed by atoms with Crippen LogP contribution in [0.25, 0.3) is 22.3 Å². The number of anilines is 2. The molecule has 2 aromatic heterocycles. The standard InChI is InChI=1S/C25H23FN6O/c1-16-14-32(13-12-27-16)25(33)18-4-2-17(3-5-18)21-10-11-22-23(31-21)24(29-15-28-22)30-20-8-6-19(26)7-9-20/h2-11,15-16,27H,12-14H2,1H3,(H,28,29,30)/t16-/m0/s1. The first kappa shape index (κ1) is 21.0. The highest BCUT2D eigenvalue weighted by Gasteiger charge is 2.21. The number of carbonyl (C=O) groups is 1. The van der Waals surface area contributed by atoms with Gasteiger partial charge in [-0.05, 0) is 55.5 Å². The number of benzene rings is 2. The van der Waals surface area contributed by atoms with E-state index >= 15 is 0 Å². The van der Waals surface area contributed by atoms with Crippen LogP contribution in [-0.2, 0) is 0 Å². The Hall–Kier alpha value is -3.91. The number of rotatable bonds is 4. The molecule has 1 aliphatic heterocycles. The number of hydrogen-bond acceptors (Lipinski definition) is 6. The van der Waals surface area contributed by atoms with Gasteiger partial charge < -0.3 is 15.5 Å². The molecule has 1 aliphatic rings. The molecule has 33 heavy (non-hydrogen) atoms. The summed E-state index contributed by atoms with van der Waals surface area (Å²) < 4.78 is 13.2. The van der Waals surface area contributed by atoms with Crippen LogP contribution in [0.5, 0.6) is 0 Å². The lowest BCUT2D eigenvalue weighted by molar-refractivity contribution is 0.0709. The smallest absolute Gasteiger partial charge is 0.253 e. The molecule has 1 fully saturated rings. The Morgan fingerprint density at radius 1 is 1.06 bits per heavy atom. The Balaban J connectivity index is 1.41. The van der Waals surface area contributed by atoms with E-state index in [9.17, 15) is 9.18 Å². The number of pyridine rings is 1. The highest BCUT2D eigenvalue weighted by Crippen LogP contribution is 2.26. The van der Waals surface area contributed by atoms with E-state index in [1.807, 2.05) is 41.3 Å². The van der Waals surface area contributed by atoms with Gasteiger partial charge in [-0.2, -0.15) is 0 Å². The Bertz CT molecular complexity index is 1290. The number of nitrogens with zero attached hydrogens (tertiary/aromatic N) is 4. The quantitative estimate of drug-likeness (QED) is 0.497. The second-order valence-corrected chi connectivity index (χ2v) is 8.10. The summed E-state index contributed by atoms with van der Waals surface area (Å²) in [6.45, 7) is 4.30. The minimum absolute atomic E-state index is 0.0422. The topological polar surface area (TPSA) is 83.0 Å². The number of nitrogens with one attached hydrogen (secondary N) is 2. The van der Waals surface area contributed by atoms with Crippen molar-refractivity contribution in [3.05, 3.63) is 78.4 Å². The SMILES string of the molecule is C[C@H]1CN(C(=O)c2ccc(-c3ccc4ncnc(Nc5ccc(F)cc5)c4n3)cc2)CCN1. The van der Waals surface area contributed by atoms with Gasteiger partial charge in [-0.1, -0.05) is 12.1 Å². The lowest BCUT2D eigenvalue weighted by atomic mass is 10.1. The van der Waals surface area contributed by atoms with E-state index in [0.717, 1.165) is 17.8 Å². The fraction of sp³-hybridized carbons (Fsp3) is 0.200. The summed E-state index contributed by atoms with van der Waals surface area (Å²) in [6.07, 6.45) is 1.47. The third-order valence-electron chi connectivity index (χ3n) is 5.67. The highest BCUT2D eigenvalue weighted by atomic mass is 19.1. The molecule has 0 unspecified atom stereocenters. The number of aromatic nitrogens is 3. The van der Waals surface area contributed by atoms with Crippen molar-refractivity contribution in [2.45, 2.75) is 13.0 Å². The summed E-state index contributed by atoms with van der Waals surface area (Å²) >= 11 is 0. The molecule has 1 saturated heterocycles. The minimum atomic E-state index is -0.304. The van der Waals surface area contributed by atoms with Crippen molar-refractivity contribution in [3.63, 3.8) is 0 Å². The van der Waals surface area contributed by atoms with Crippen LogP contribution in [0.1, 0.15) is 17.3 Å². The molecule has 8 heteroatoms. The second kappa shape index (κ2) is 8.91. The normalized spacial score (nSPS) is 16.1. The number of fused-ring (bicyclic) bond motifs is 1. The van der Waals surface area contributed by atoms with Gasteiger partial charge in [-0.25, -0.2) is 19.3 Å². The van der Waals surface area contributed by atoms with E-state index in [1.165, 1.54) is 18.5 Å². The molecule has 1 atom stereocenters. The molecular formula is C25H23FN6O. The van der Waals surface area contributed by atoms with E-state index in [0.29, 0.717) is 47.2 Å². The van der Waals surface area contributed by atoms with Crippen LogP contribution in [-0.4, -0.2) is 51.4 Å². The van der Waals surface area contributed by atoms with Gasteiger partial charge in [0.1, 0.15) is 17.7 Å². The number of piperazine rings is 1. The number of halogens is 1. The predicted molar refractivity (Wildman–Crippen MR) is 126 cm³/mol. The van der Waals surface area contributed by atoms with Gasteiger partial charge in [0.05, 0.1) is 11.2 Å². The van der Waals surface area contributed by atoms with E-state index in [-0.39, 0.29) is 11.7 Å². The van der Waals surface area contributed by atoms with Gasteiger partial charge in [0.25, 0.3) is 5.91 Å². The van der Waals surface area contributed by atoms with Gasteiger partial charge in [0.2, 0.25) is 0 Å². The first-order valence-electron chi connectivity index (χ1n) is 10.8. The maximum absolute atomic E-state index is 13.2. The van der Waals surface area contributed by atoms with Crippen LogP contribution >= 0.6 is 0 Å². The maximum Gasteiger partial charge on any atom is 0.253 e. The van der Waals surface area contributed by atoms with Crippen molar-refractivity contribution >= 4 is 28.4 Å². The monoisotopic (exact) mass is 442 g/mol. The first-order valence-corrected chi connectivity index (χ1v) is 10.8. The van der Waals surface area contributed by atoms with Crippen molar-refractivity contribution < 1.29 is 9.18 Å².